The summed E-state index contributed by atoms with van der Waals surface area (Å²) >= 11 is 0. The summed E-state index contributed by atoms with van der Waals surface area (Å²) in [5.74, 6) is 0.335. The maximum atomic E-state index is 12.5. The van der Waals surface area contributed by atoms with Crippen molar-refractivity contribution in [2.24, 2.45) is 5.92 Å². The van der Waals surface area contributed by atoms with Gasteiger partial charge in [-0.1, -0.05) is 30.3 Å². The summed E-state index contributed by atoms with van der Waals surface area (Å²) in [4.78, 5) is 25.1. The Hall–Kier alpha value is -2.66. The normalized spacial score (nSPS) is 16.2. The van der Waals surface area contributed by atoms with Crippen molar-refractivity contribution >= 4 is 11.8 Å². The third-order valence-corrected chi connectivity index (χ3v) is 4.89. The summed E-state index contributed by atoms with van der Waals surface area (Å²) in [6.07, 6.45) is 2.00. The molecule has 0 radical (unpaired) electrons. The van der Waals surface area contributed by atoms with Crippen molar-refractivity contribution in [3.63, 3.8) is 0 Å². The van der Waals surface area contributed by atoms with Gasteiger partial charge in [0.2, 0.25) is 0 Å². The first-order valence-electron chi connectivity index (χ1n) is 9.91. The smallest absolute Gasteiger partial charge is 0.252 e. The van der Waals surface area contributed by atoms with Crippen molar-refractivity contribution in [3.05, 3.63) is 59.7 Å². The number of hydrogen-bond acceptors (Lipinski definition) is 3. The minimum atomic E-state index is -0.112. The van der Waals surface area contributed by atoms with Gasteiger partial charge < -0.3 is 15.4 Å². The molecule has 2 amide bonds. The minimum Gasteiger partial charge on any atom is -0.381 e. The molecule has 1 aliphatic heterocycles. The zero-order valence-electron chi connectivity index (χ0n) is 16.5. The summed E-state index contributed by atoms with van der Waals surface area (Å²) in [7, 11) is 0. The molecule has 5 heteroatoms. The van der Waals surface area contributed by atoms with Crippen LogP contribution in [-0.4, -0.2) is 37.6 Å². The van der Waals surface area contributed by atoms with Gasteiger partial charge in [-0.2, -0.15) is 0 Å². The first-order chi connectivity index (χ1) is 13.5. The van der Waals surface area contributed by atoms with Crippen LogP contribution in [0.25, 0.3) is 11.1 Å². The van der Waals surface area contributed by atoms with E-state index in [1.54, 1.807) is 6.07 Å². The molecule has 2 aromatic carbocycles. The second-order valence-electron chi connectivity index (χ2n) is 7.53. The Labute approximate surface area is 166 Å². The zero-order chi connectivity index (χ0) is 19.9. The predicted molar refractivity (Wildman–Crippen MR) is 110 cm³/mol. The van der Waals surface area contributed by atoms with E-state index in [1.165, 1.54) is 0 Å². The van der Waals surface area contributed by atoms with Crippen molar-refractivity contribution in [2.75, 3.05) is 19.8 Å². The molecule has 1 atom stereocenters. The van der Waals surface area contributed by atoms with Gasteiger partial charge in [0.25, 0.3) is 11.8 Å². The average Bonchev–Trinajstić information content (AvgIpc) is 3.21. The maximum absolute atomic E-state index is 12.5. The fourth-order valence-electron chi connectivity index (χ4n) is 3.40. The van der Waals surface area contributed by atoms with Crippen LogP contribution in [0.3, 0.4) is 0 Å². The molecule has 2 N–H and O–H groups in total. The van der Waals surface area contributed by atoms with Crippen LogP contribution in [0.5, 0.6) is 0 Å². The summed E-state index contributed by atoms with van der Waals surface area (Å²) in [5.41, 5.74) is 2.87. The van der Waals surface area contributed by atoms with E-state index in [0.717, 1.165) is 37.2 Å². The van der Waals surface area contributed by atoms with Gasteiger partial charge in [0, 0.05) is 36.9 Å². The van der Waals surface area contributed by atoms with Gasteiger partial charge in [-0.15, -0.1) is 0 Å². The maximum Gasteiger partial charge on any atom is 0.252 e. The molecule has 3 rings (SSSR count). The molecule has 0 spiro atoms. The highest BCUT2D eigenvalue weighted by Gasteiger charge is 2.17. The van der Waals surface area contributed by atoms with Crippen LogP contribution < -0.4 is 10.6 Å². The van der Waals surface area contributed by atoms with Crippen molar-refractivity contribution in [2.45, 2.75) is 32.7 Å². The summed E-state index contributed by atoms with van der Waals surface area (Å²) < 4.78 is 5.37. The van der Waals surface area contributed by atoms with E-state index in [2.05, 4.69) is 10.6 Å². The molecule has 0 aliphatic carbocycles. The first-order valence-corrected chi connectivity index (χ1v) is 9.91. The van der Waals surface area contributed by atoms with Gasteiger partial charge in [-0.25, -0.2) is 0 Å². The lowest BCUT2D eigenvalue weighted by Gasteiger charge is -2.13. The van der Waals surface area contributed by atoms with Crippen LogP contribution in [0.15, 0.2) is 48.5 Å². The number of amides is 2. The minimum absolute atomic E-state index is 0.0583. The van der Waals surface area contributed by atoms with Crippen LogP contribution in [0.2, 0.25) is 0 Å². The lowest BCUT2D eigenvalue weighted by molar-refractivity contribution is 0.0938. The zero-order valence-corrected chi connectivity index (χ0v) is 16.5. The third-order valence-electron chi connectivity index (χ3n) is 4.89. The van der Waals surface area contributed by atoms with Crippen molar-refractivity contribution in [3.8, 4) is 11.1 Å². The van der Waals surface area contributed by atoms with Crippen molar-refractivity contribution in [1.29, 1.82) is 0 Å². The molecule has 5 nitrogen and oxygen atoms in total. The highest BCUT2D eigenvalue weighted by molar-refractivity contribution is 6.02. The van der Waals surface area contributed by atoms with Crippen LogP contribution >= 0.6 is 0 Å². The highest BCUT2D eigenvalue weighted by atomic mass is 16.5. The molecule has 0 bridgehead atoms. The van der Waals surface area contributed by atoms with E-state index in [-0.39, 0.29) is 17.9 Å². The molecule has 1 saturated heterocycles. The number of ether oxygens (including phenoxy) is 1. The molecule has 28 heavy (non-hydrogen) atoms. The fourth-order valence-corrected chi connectivity index (χ4v) is 3.40. The van der Waals surface area contributed by atoms with Gasteiger partial charge in [-0.05, 0) is 61.9 Å². The lowest BCUT2D eigenvalue weighted by Crippen LogP contribution is -2.30. The van der Waals surface area contributed by atoms with Crippen molar-refractivity contribution < 1.29 is 14.3 Å². The number of hydrogen-bond donors (Lipinski definition) is 2. The van der Waals surface area contributed by atoms with E-state index in [0.29, 0.717) is 23.6 Å². The highest BCUT2D eigenvalue weighted by Crippen LogP contribution is 2.25. The van der Waals surface area contributed by atoms with Gasteiger partial charge >= 0.3 is 0 Å². The number of benzene rings is 2. The predicted octanol–water partition coefficient (Wildman–Crippen LogP) is 3.65. The second kappa shape index (κ2) is 9.51. The van der Waals surface area contributed by atoms with Crippen LogP contribution in [0.4, 0.5) is 0 Å². The molecule has 1 aliphatic rings. The van der Waals surface area contributed by atoms with E-state index in [4.69, 9.17) is 4.74 Å². The topological polar surface area (TPSA) is 67.4 Å². The molecular formula is C23H28N2O3. The SMILES string of the molecule is CC(C)NC(=O)c1ccccc1-c1cccc(C(=O)NCC[C@H]2CCOC2)c1. The molecule has 0 aromatic heterocycles. The fraction of sp³-hybridized carbons (Fsp3) is 0.391. The Bertz CT molecular complexity index is 826. The van der Waals surface area contributed by atoms with E-state index in [1.807, 2.05) is 56.3 Å². The molecule has 0 unspecified atom stereocenters. The van der Waals surface area contributed by atoms with Gasteiger partial charge in [0.05, 0.1) is 0 Å². The monoisotopic (exact) mass is 380 g/mol. The van der Waals surface area contributed by atoms with Gasteiger partial charge in [-0.3, -0.25) is 9.59 Å². The third kappa shape index (κ3) is 5.20. The van der Waals surface area contributed by atoms with Crippen molar-refractivity contribution in [1.82, 2.24) is 10.6 Å². The Balaban J connectivity index is 1.72. The number of carbonyl (C=O) groups excluding carboxylic acids is 2. The second-order valence-corrected chi connectivity index (χ2v) is 7.53. The molecular weight excluding hydrogens is 352 g/mol. The van der Waals surface area contributed by atoms with Gasteiger partial charge in [0.15, 0.2) is 0 Å². The Kier molecular flexibility index (Phi) is 6.82. The molecule has 1 fully saturated rings. The van der Waals surface area contributed by atoms with Crippen LogP contribution in [0, 0.1) is 5.92 Å². The number of nitrogens with one attached hydrogen (secondary N) is 2. The largest absolute Gasteiger partial charge is 0.381 e. The molecule has 0 saturated carbocycles. The summed E-state index contributed by atoms with van der Waals surface area (Å²) in [6.45, 7) is 6.13. The van der Waals surface area contributed by atoms with E-state index >= 15 is 0 Å². The summed E-state index contributed by atoms with van der Waals surface area (Å²) in [5, 5.41) is 5.93. The quantitative estimate of drug-likeness (QED) is 0.770. The number of rotatable bonds is 7. The standard InChI is InChI=1S/C23H28N2O3/c1-16(2)25-23(27)21-9-4-3-8-20(21)18-6-5-7-19(14-18)22(26)24-12-10-17-11-13-28-15-17/h3-9,14,16-17H,10-13,15H2,1-2H3,(H,24,26)(H,25,27)/t17-/m0/s1. The summed E-state index contributed by atoms with van der Waals surface area (Å²) in [6, 6.07) is 14.9. The number of carbonyl (C=O) groups is 2. The molecule has 1 heterocycles. The Morgan fingerprint density at radius 1 is 1.11 bits per heavy atom. The van der Waals surface area contributed by atoms with Crippen LogP contribution in [0.1, 0.15) is 47.4 Å². The van der Waals surface area contributed by atoms with Crippen LogP contribution in [-0.2, 0) is 4.74 Å². The van der Waals surface area contributed by atoms with E-state index in [9.17, 15) is 9.59 Å². The molecule has 2 aromatic rings. The Morgan fingerprint density at radius 3 is 2.68 bits per heavy atom. The average molecular weight is 380 g/mol. The van der Waals surface area contributed by atoms with E-state index < -0.39 is 0 Å². The first kappa shape index (κ1) is 20.1. The molecule has 148 valence electrons. The van der Waals surface area contributed by atoms with Gasteiger partial charge in [0.1, 0.15) is 0 Å². The lowest BCUT2D eigenvalue weighted by atomic mass is 9.97. The Morgan fingerprint density at radius 2 is 1.93 bits per heavy atom.